The number of carbonyl (C=O) groups is 1. The summed E-state index contributed by atoms with van der Waals surface area (Å²) in [7, 11) is 2.07. The van der Waals surface area contributed by atoms with Crippen LogP contribution in [0.2, 0.25) is 10.0 Å². The van der Waals surface area contributed by atoms with Crippen molar-refractivity contribution in [2.24, 2.45) is 4.99 Å². The highest BCUT2D eigenvalue weighted by molar-refractivity contribution is 6.36. The molecule has 6 rings (SSSR count). The Morgan fingerprint density at radius 3 is 2.44 bits per heavy atom. The van der Waals surface area contributed by atoms with Crippen LogP contribution in [0, 0.1) is 0 Å². The Labute approximate surface area is 237 Å². The first-order valence-electron chi connectivity index (χ1n) is 12.8. The molecule has 0 radical (unpaired) electrons. The minimum atomic E-state index is 0.0560. The van der Waals surface area contributed by atoms with Crippen molar-refractivity contribution in [1.82, 2.24) is 19.8 Å². The summed E-state index contributed by atoms with van der Waals surface area (Å²) < 4.78 is 0. The molecule has 0 spiro atoms. The highest BCUT2D eigenvalue weighted by atomic mass is 35.5. The fraction of sp³-hybridized carbons (Fsp3) is 0.200. The van der Waals surface area contributed by atoms with Crippen LogP contribution in [0.4, 0.5) is 11.6 Å². The molecule has 2 aliphatic heterocycles. The number of piperazine rings is 1. The molecule has 1 aromatic heterocycles. The Balaban J connectivity index is 1.28. The van der Waals surface area contributed by atoms with Gasteiger partial charge in [-0.3, -0.25) is 9.79 Å². The van der Waals surface area contributed by atoms with Gasteiger partial charge in [0.15, 0.2) is 0 Å². The monoisotopic (exact) mass is 556 g/mol. The Morgan fingerprint density at radius 2 is 1.67 bits per heavy atom. The van der Waals surface area contributed by atoms with Crippen LogP contribution in [0.3, 0.4) is 0 Å². The van der Waals surface area contributed by atoms with Gasteiger partial charge in [0.25, 0.3) is 5.91 Å². The van der Waals surface area contributed by atoms with Crippen LogP contribution in [-0.4, -0.2) is 64.6 Å². The predicted octanol–water partition coefficient (Wildman–Crippen LogP) is 5.93. The Kier molecular flexibility index (Phi) is 7.04. The van der Waals surface area contributed by atoms with E-state index in [0.29, 0.717) is 28.1 Å². The molecular formula is C30H26Cl2N6O. The first kappa shape index (κ1) is 25.5. The number of aliphatic imine (C=N–C) groups is 1. The molecule has 0 aliphatic carbocycles. The normalized spacial score (nSPS) is 15.2. The number of benzene rings is 3. The zero-order valence-corrected chi connectivity index (χ0v) is 22.9. The van der Waals surface area contributed by atoms with Crippen molar-refractivity contribution >= 4 is 46.5 Å². The summed E-state index contributed by atoms with van der Waals surface area (Å²) in [6, 6.07) is 20.8. The van der Waals surface area contributed by atoms with Gasteiger partial charge in [-0.25, -0.2) is 9.97 Å². The summed E-state index contributed by atoms with van der Waals surface area (Å²) in [5.74, 6) is 0.509. The van der Waals surface area contributed by atoms with E-state index in [1.165, 1.54) is 0 Å². The largest absolute Gasteiger partial charge is 0.336 e. The number of anilines is 2. The average Bonchev–Trinajstić information content (AvgIpc) is 3.10. The van der Waals surface area contributed by atoms with E-state index in [2.05, 4.69) is 22.2 Å². The number of halogens is 2. The summed E-state index contributed by atoms with van der Waals surface area (Å²) >= 11 is 13.0. The second kappa shape index (κ2) is 10.8. The summed E-state index contributed by atoms with van der Waals surface area (Å²) in [6.45, 7) is 3.67. The maximum absolute atomic E-state index is 12.9. The molecule has 39 heavy (non-hydrogen) atoms. The number of amides is 1. The Hall–Kier alpha value is -3.78. The van der Waals surface area contributed by atoms with E-state index in [4.69, 9.17) is 33.2 Å². The molecule has 9 heteroatoms. The third-order valence-corrected chi connectivity index (χ3v) is 7.64. The molecule has 7 nitrogen and oxygen atoms in total. The minimum absolute atomic E-state index is 0.0560. The number of aromatic nitrogens is 2. The number of fused-ring (bicyclic) bond motifs is 3. The topological polar surface area (TPSA) is 73.7 Å². The third-order valence-electron chi connectivity index (χ3n) is 7.07. The van der Waals surface area contributed by atoms with Crippen molar-refractivity contribution in [1.29, 1.82) is 0 Å². The van der Waals surface area contributed by atoms with Crippen molar-refractivity contribution in [3.63, 3.8) is 0 Å². The third kappa shape index (κ3) is 5.26. The van der Waals surface area contributed by atoms with Gasteiger partial charge in [0.2, 0.25) is 5.95 Å². The fourth-order valence-corrected chi connectivity index (χ4v) is 5.28. The standard InChI is InChI=1S/C30H26Cl2N6O/c1-37-12-14-38(15-13-37)29(39)19-6-9-22(10-7-19)35-30-34-18-20-17-33-28(24-4-2-3-5-26(24)32)25-16-21(31)8-11-23(25)27(20)36-30/h2-11,16,18H,12-15,17H2,1H3,(H,34,35,36). The summed E-state index contributed by atoms with van der Waals surface area (Å²) in [6.07, 6.45) is 1.80. The molecule has 2 aliphatic rings. The number of carbonyl (C=O) groups excluding carboxylic acids is 1. The first-order valence-corrected chi connectivity index (χ1v) is 13.5. The van der Waals surface area contributed by atoms with Gasteiger partial charge in [0.05, 0.1) is 18.0 Å². The molecule has 1 fully saturated rings. The highest BCUT2D eigenvalue weighted by Gasteiger charge is 2.23. The quantitative estimate of drug-likeness (QED) is 0.337. The van der Waals surface area contributed by atoms with E-state index < -0.39 is 0 Å². The number of nitrogens with one attached hydrogen (secondary N) is 1. The number of nitrogens with zero attached hydrogens (tertiary/aromatic N) is 5. The fourth-order valence-electron chi connectivity index (χ4n) is 4.89. The van der Waals surface area contributed by atoms with Crippen LogP contribution in [0.1, 0.15) is 27.0 Å². The zero-order valence-electron chi connectivity index (χ0n) is 21.4. The molecule has 4 aromatic rings. The van der Waals surface area contributed by atoms with Gasteiger partial charge in [-0.15, -0.1) is 0 Å². The second-order valence-electron chi connectivity index (χ2n) is 9.70. The molecule has 1 amide bonds. The van der Waals surface area contributed by atoms with Gasteiger partial charge in [-0.05, 0) is 49.5 Å². The molecule has 0 bridgehead atoms. The number of hydrogen-bond donors (Lipinski definition) is 1. The van der Waals surface area contributed by atoms with Crippen LogP contribution in [0.25, 0.3) is 11.3 Å². The molecule has 0 unspecified atom stereocenters. The number of likely N-dealkylation sites (N-methyl/N-ethyl adjacent to an activating group) is 1. The maximum atomic E-state index is 12.9. The number of hydrogen-bond acceptors (Lipinski definition) is 6. The van der Waals surface area contributed by atoms with Crippen LogP contribution < -0.4 is 5.32 Å². The lowest BCUT2D eigenvalue weighted by Gasteiger charge is -2.32. The lowest BCUT2D eigenvalue weighted by molar-refractivity contribution is 0.0664. The molecule has 1 N–H and O–H groups in total. The summed E-state index contributed by atoms with van der Waals surface area (Å²) in [5, 5.41) is 4.51. The van der Waals surface area contributed by atoms with E-state index in [9.17, 15) is 4.79 Å². The minimum Gasteiger partial charge on any atom is -0.336 e. The lowest BCUT2D eigenvalue weighted by atomic mass is 9.95. The molecule has 1 saturated heterocycles. The smallest absolute Gasteiger partial charge is 0.253 e. The van der Waals surface area contributed by atoms with Gasteiger partial charge in [-0.1, -0.05) is 47.5 Å². The first-order chi connectivity index (χ1) is 19.0. The van der Waals surface area contributed by atoms with Gasteiger partial charge in [-0.2, -0.15) is 0 Å². The van der Waals surface area contributed by atoms with Gasteiger partial charge < -0.3 is 15.1 Å². The summed E-state index contributed by atoms with van der Waals surface area (Å²) in [5.41, 5.74) is 6.53. The molecule has 3 aromatic carbocycles. The Bertz CT molecular complexity index is 1580. The molecule has 196 valence electrons. The van der Waals surface area contributed by atoms with Crippen molar-refractivity contribution in [2.75, 3.05) is 38.5 Å². The average molecular weight is 557 g/mol. The van der Waals surface area contributed by atoms with Crippen molar-refractivity contribution in [3.05, 3.63) is 105 Å². The van der Waals surface area contributed by atoms with Crippen LogP contribution in [-0.2, 0) is 6.54 Å². The van der Waals surface area contributed by atoms with Crippen LogP contribution in [0.15, 0.2) is 77.9 Å². The van der Waals surface area contributed by atoms with E-state index in [1.807, 2.05) is 71.6 Å². The van der Waals surface area contributed by atoms with Gasteiger partial charge in [0.1, 0.15) is 0 Å². The predicted molar refractivity (Wildman–Crippen MR) is 156 cm³/mol. The van der Waals surface area contributed by atoms with Crippen molar-refractivity contribution in [3.8, 4) is 11.3 Å². The lowest BCUT2D eigenvalue weighted by Crippen LogP contribution is -2.47. The molecule has 3 heterocycles. The molecule has 0 atom stereocenters. The second-order valence-corrected chi connectivity index (χ2v) is 10.5. The molecule has 0 saturated carbocycles. The van der Waals surface area contributed by atoms with Crippen LogP contribution in [0.5, 0.6) is 0 Å². The highest BCUT2D eigenvalue weighted by Crippen LogP contribution is 2.35. The summed E-state index contributed by atoms with van der Waals surface area (Å²) in [4.78, 5) is 31.3. The van der Waals surface area contributed by atoms with E-state index >= 15 is 0 Å². The zero-order chi connectivity index (χ0) is 26.9. The Morgan fingerprint density at radius 1 is 0.897 bits per heavy atom. The SMILES string of the molecule is CN1CCN(C(=O)c2ccc(Nc3ncc4c(n3)-c3ccc(Cl)cc3C(c3ccccc3Cl)=NC4)cc2)CC1. The molecular weight excluding hydrogens is 531 g/mol. The van der Waals surface area contributed by atoms with Crippen molar-refractivity contribution in [2.45, 2.75) is 6.54 Å². The van der Waals surface area contributed by atoms with Crippen molar-refractivity contribution < 1.29 is 4.79 Å². The maximum Gasteiger partial charge on any atom is 0.253 e. The number of rotatable bonds is 4. The van der Waals surface area contributed by atoms with E-state index in [0.717, 1.165) is 65.5 Å². The van der Waals surface area contributed by atoms with E-state index in [-0.39, 0.29) is 5.91 Å². The van der Waals surface area contributed by atoms with Crippen LogP contribution >= 0.6 is 23.2 Å². The van der Waals surface area contributed by atoms with Gasteiger partial charge >= 0.3 is 0 Å². The van der Waals surface area contributed by atoms with E-state index in [1.54, 1.807) is 6.20 Å². The van der Waals surface area contributed by atoms with Gasteiger partial charge in [0, 0.05) is 75.9 Å².